The molecule has 2 aromatic heterocycles. The Labute approximate surface area is 156 Å². The van der Waals surface area contributed by atoms with Gasteiger partial charge in [0.25, 0.3) is 5.56 Å². The lowest BCUT2D eigenvalue weighted by molar-refractivity contribution is -0.132. The summed E-state index contributed by atoms with van der Waals surface area (Å²) >= 11 is 0. The fourth-order valence-electron chi connectivity index (χ4n) is 3.45. The molecule has 3 aromatic rings. The van der Waals surface area contributed by atoms with Crippen LogP contribution in [0.15, 0.2) is 59.8 Å². The average Bonchev–Trinajstić information content (AvgIpc) is 3.08. The lowest BCUT2D eigenvalue weighted by Gasteiger charge is -2.24. The summed E-state index contributed by atoms with van der Waals surface area (Å²) in [5.74, 6) is -0.0663. The highest BCUT2D eigenvalue weighted by Gasteiger charge is 2.23. The third kappa shape index (κ3) is 3.93. The highest BCUT2D eigenvalue weighted by atomic mass is 16.5. The van der Waals surface area contributed by atoms with Crippen molar-refractivity contribution < 1.29 is 9.53 Å². The van der Waals surface area contributed by atoms with Gasteiger partial charge in [-0.25, -0.2) is 0 Å². The molecule has 1 saturated heterocycles. The minimum atomic E-state index is -0.138. The molecule has 7 nitrogen and oxygen atoms in total. The first-order chi connectivity index (χ1) is 13.2. The molecule has 1 aliphatic heterocycles. The van der Waals surface area contributed by atoms with Gasteiger partial charge in [0.15, 0.2) is 0 Å². The molecule has 1 amide bonds. The number of benzene rings is 1. The van der Waals surface area contributed by atoms with Crippen LogP contribution in [-0.4, -0.2) is 51.0 Å². The Morgan fingerprint density at radius 1 is 1.19 bits per heavy atom. The number of hydrogen-bond donors (Lipinski definition) is 0. The first-order valence-electron chi connectivity index (χ1n) is 9.16. The number of carbonyl (C=O) groups excluding carboxylic acids is 1. The molecule has 1 atom stereocenters. The van der Waals surface area contributed by atoms with Crippen LogP contribution in [0.25, 0.3) is 10.8 Å². The second-order valence-electron chi connectivity index (χ2n) is 6.75. The molecule has 0 unspecified atom stereocenters. The number of aromatic nitrogens is 3. The number of amides is 1. The molecule has 1 fully saturated rings. The van der Waals surface area contributed by atoms with E-state index < -0.39 is 0 Å². The van der Waals surface area contributed by atoms with Gasteiger partial charge in [-0.2, -0.15) is 5.10 Å². The third-order valence-electron chi connectivity index (χ3n) is 4.84. The van der Waals surface area contributed by atoms with Gasteiger partial charge < -0.3 is 14.2 Å². The Kier molecular flexibility index (Phi) is 5.02. The van der Waals surface area contributed by atoms with Gasteiger partial charge >= 0.3 is 0 Å². The Bertz CT molecular complexity index is 980. The summed E-state index contributed by atoms with van der Waals surface area (Å²) in [5, 5.41) is 5.72. The fraction of sp³-hybridized carbons (Fsp3) is 0.350. The topological polar surface area (TPSA) is 69.4 Å². The van der Waals surface area contributed by atoms with Crippen molar-refractivity contribution >= 4 is 16.7 Å². The number of fused-ring (bicyclic) bond motifs is 1. The predicted octanol–water partition coefficient (Wildman–Crippen LogP) is 1.52. The predicted molar refractivity (Wildman–Crippen MR) is 101 cm³/mol. The van der Waals surface area contributed by atoms with Crippen LogP contribution in [0.1, 0.15) is 6.42 Å². The van der Waals surface area contributed by atoms with E-state index in [9.17, 15) is 9.59 Å². The van der Waals surface area contributed by atoms with Crippen molar-refractivity contribution in [2.24, 2.45) is 0 Å². The average molecular weight is 366 g/mol. The normalized spacial score (nSPS) is 17.8. The van der Waals surface area contributed by atoms with Crippen LogP contribution in [-0.2, 0) is 22.6 Å². The minimum absolute atomic E-state index is 0.0398. The zero-order chi connectivity index (χ0) is 18.6. The second-order valence-corrected chi connectivity index (χ2v) is 6.75. The Balaban J connectivity index is 1.48. The molecule has 0 radical (unpaired) electrons. The van der Waals surface area contributed by atoms with E-state index in [0.29, 0.717) is 31.6 Å². The molecule has 1 aromatic carbocycles. The van der Waals surface area contributed by atoms with Crippen LogP contribution in [0.3, 0.4) is 0 Å². The number of ether oxygens (including phenoxy) is 1. The summed E-state index contributed by atoms with van der Waals surface area (Å²) < 4.78 is 9.16. The van der Waals surface area contributed by atoms with E-state index in [1.165, 1.54) is 4.57 Å². The van der Waals surface area contributed by atoms with Crippen LogP contribution in [0.5, 0.6) is 0 Å². The number of pyridine rings is 1. The van der Waals surface area contributed by atoms with Crippen molar-refractivity contribution in [3.63, 3.8) is 0 Å². The third-order valence-corrected chi connectivity index (χ3v) is 4.84. The summed E-state index contributed by atoms with van der Waals surface area (Å²) in [6.07, 6.45) is 5.98. The molecule has 140 valence electrons. The van der Waals surface area contributed by atoms with E-state index in [-0.39, 0.29) is 24.1 Å². The number of hydrogen-bond acceptors (Lipinski definition) is 4. The minimum Gasteiger partial charge on any atom is -0.374 e. The number of nitrogens with zero attached hydrogens (tertiary/aromatic N) is 4. The fourth-order valence-corrected chi connectivity index (χ4v) is 3.45. The van der Waals surface area contributed by atoms with Crippen molar-refractivity contribution in [1.82, 2.24) is 19.2 Å². The summed E-state index contributed by atoms with van der Waals surface area (Å²) in [6, 6.07) is 11.2. The Morgan fingerprint density at radius 2 is 2.07 bits per heavy atom. The van der Waals surface area contributed by atoms with Gasteiger partial charge in [-0.15, -0.1) is 0 Å². The summed E-state index contributed by atoms with van der Waals surface area (Å²) in [6.45, 7) is 2.40. The number of rotatable bonds is 4. The van der Waals surface area contributed by atoms with E-state index in [1.54, 1.807) is 23.4 Å². The molecule has 0 aliphatic carbocycles. The van der Waals surface area contributed by atoms with Gasteiger partial charge in [0, 0.05) is 43.7 Å². The highest BCUT2D eigenvalue weighted by Crippen LogP contribution is 2.11. The maximum absolute atomic E-state index is 12.8. The molecule has 27 heavy (non-hydrogen) atoms. The van der Waals surface area contributed by atoms with E-state index in [1.807, 2.05) is 41.2 Å². The first kappa shape index (κ1) is 17.5. The Hall–Kier alpha value is -2.93. The quantitative estimate of drug-likeness (QED) is 0.702. The first-order valence-corrected chi connectivity index (χ1v) is 9.16. The Morgan fingerprint density at radius 3 is 2.93 bits per heavy atom. The lowest BCUT2D eigenvalue weighted by atomic mass is 10.2. The zero-order valence-corrected chi connectivity index (χ0v) is 15.0. The molecule has 0 saturated carbocycles. The highest BCUT2D eigenvalue weighted by molar-refractivity contribution is 5.82. The van der Waals surface area contributed by atoms with E-state index in [0.717, 1.165) is 11.8 Å². The van der Waals surface area contributed by atoms with Crippen LogP contribution in [0.4, 0.5) is 0 Å². The van der Waals surface area contributed by atoms with Gasteiger partial charge in [-0.1, -0.05) is 18.2 Å². The number of carbonyl (C=O) groups is 1. The zero-order valence-electron chi connectivity index (χ0n) is 15.0. The van der Waals surface area contributed by atoms with Crippen LogP contribution in [0, 0.1) is 0 Å². The van der Waals surface area contributed by atoms with Crippen molar-refractivity contribution in [2.45, 2.75) is 25.6 Å². The molecular formula is C20H22N4O3. The lowest BCUT2D eigenvalue weighted by Crippen LogP contribution is -2.41. The maximum atomic E-state index is 12.8. The maximum Gasteiger partial charge on any atom is 0.258 e. The molecule has 0 bridgehead atoms. The van der Waals surface area contributed by atoms with Gasteiger partial charge in [0.2, 0.25) is 5.91 Å². The summed E-state index contributed by atoms with van der Waals surface area (Å²) in [7, 11) is 0. The van der Waals surface area contributed by atoms with Crippen molar-refractivity contribution in [3.8, 4) is 0 Å². The molecule has 3 heterocycles. The molecule has 1 aliphatic rings. The second kappa shape index (κ2) is 7.75. The smallest absolute Gasteiger partial charge is 0.258 e. The molecule has 0 N–H and O–H groups in total. The van der Waals surface area contributed by atoms with Gasteiger partial charge in [0.05, 0.1) is 12.6 Å². The van der Waals surface area contributed by atoms with E-state index >= 15 is 0 Å². The van der Waals surface area contributed by atoms with Crippen LogP contribution in [0.2, 0.25) is 0 Å². The van der Waals surface area contributed by atoms with Crippen LogP contribution >= 0.6 is 0 Å². The van der Waals surface area contributed by atoms with Gasteiger partial charge in [0.1, 0.15) is 6.54 Å². The van der Waals surface area contributed by atoms with Crippen LogP contribution < -0.4 is 5.56 Å². The van der Waals surface area contributed by atoms with E-state index in [2.05, 4.69) is 5.10 Å². The molecular weight excluding hydrogens is 344 g/mol. The monoisotopic (exact) mass is 366 g/mol. The SMILES string of the molecule is O=C(Cn1ccc2ccccc2c1=O)N1CCCO[C@H](Cn2cccn2)C1. The summed E-state index contributed by atoms with van der Waals surface area (Å²) in [4.78, 5) is 27.3. The van der Waals surface area contributed by atoms with Gasteiger partial charge in [-0.05, 0) is 30.0 Å². The molecule has 4 rings (SSSR count). The largest absolute Gasteiger partial charge is 0.374 e. The standard InChI is InChI=1S/C20H22N4O3/c25-19(15-23-11-7-16-5-1-2-6-18(16)20(23)26)22-9-4-12-27-17(13-22)14-24-10-3-8-21-24/h1-3,5-8,10-11,17H,4,9,12-15H2/t17-/m0/s1. The van der Waals surface area contributed by atoms with Gasteiger partial charge in [-0.3, -0.25) is 14.3 Å². The molecule has 0 spiro atoms. The molecule has 7 heteroatoms. The van der Waals surface area contributed by atoms with Crippen molar-refractivity contribution in [3.05, 3.63) is 65.3 Å². The van der Waals surface area contributed by atoms with E-state index in [4.69, 9.17) is 4.74 Å². The van der Waals surface area contributed by atoms with Crippen molar-refractivity contribution in [2.75, 3.05) is 19.7 Å². The summed E-state index contributed by atoms with van der Waals surface area (Å²) in [5.41, 5.74) is -0.138. The van der Waals surface area contributed by atoms with Crippen molar-refractivity contribution in [1.29, 1.82) is 0 Å².